The van der Waals surface area contributed by atoms with E-state index in [0.29, 0.717) is 11.3 Å². The third kappa shape index (κ3) is 5.16. The molecule has 0 spiro atoms. The summed E-state index contributed by atoms with van der Waals surface area (Å²) in [6.45, 7) is 4.62. The van der Waals surface area contributed by atoms with E-state index in [4.69, 9.17) is 0 Å². The van der Waals surface area contributed by atoms with Gasteiger partial charge in [-0.15, -0.1) is 0 Å². The number of benzene rings is 1. The Bertz CT molecular complexity index is 828. The molecule has 7 heteroatoms. The van der Waals surface area contributed by atoms with Crippen molar-refractivity contribution in [3.8, 4) is 0 Å². The van der Waals surface area contributed by atoms with Gasteiger partial charge in [0.25, 0.3) is 0 Å². The molecule has 0 bridgehead atoms. The summed E-state index contributed by atoms with van der Waals surface area (Å²) in [6.07, 6.45) is 3.39. The molecule has 0 unspecified atom stereocenters. The highest BCUT2D eigenvalue weighted by Crippen LogP contribution is 2.20. The molecule has 1 N–H and O–H groups in total. The van der Waals surface area contributed by atoms with Crippen LogP contribution in [0.3, 0.4) is 0 Å². The van der Waals surface area contributed by atoms with Crippen LogP contribution in [0, 0.1) is 0 Å². The van der Waals surface area contributed by atoms with Crippen molar-refractivity contribution in [2.45, 2.75) is 19.8 Å². The van der Waals surface area contributed by atoms with Crippen LogP contribution in [0.15, 0.2) is 48.8 Å². The molecule has 146 valence electrons. The maximum atomic E-state index is 12.1. The lowest BCUT2D eigenvalue weighted by molar-refractivity contribution is -0.129. The van der Waals surface area contributed by atoms with Gasteiger partial charge < -0.3 is 15.1 Å². The lowest BCUT2D eigenvalue weighted by Gasteiger charge is -2.35. The van der Waals surface area contributed by atoms with Gasteiger partial charge in [-0.25, -0.2) is 0 Å². The van der Waals surface area contributed by atoms with Gasteiger partial charge in [0.2, 0.25) is 11.8 Å². The van der Waals surface area contributed by atoms with Crippen LogP contribution in [0.5, 0.6) is 0 Å². The summed E-state index contributed by atoms with van der Waals surface area (Å²) in [5.41, 5.74) is 2.28. The molecular formula is C21H24N4O3. The molecular weight excluding hydrogens is 356 g/mol. The van der Waals surface area contributed by atoms with Crippen molar-refractivity contribution in [2.24, 2.45) is 0 Å². The van der Waals surface area contributed by atoms with Crippen molar-refractivity contribution in [2.75, 3.05) is 36.4 Å². The van der Waals surface area contributed by atoms with Crippen LogP contribution in [-0.4, -0.2) is 53.7 Å². The van der Waals surface area contributed by atoms with Crippen molar-refractivity contribution in [1.82, 2.24) is 9.88 Å². The van der Waals surface area contributed by atoms with Crippen molar-refractivity contribution in [1.29, 1.82) is 0 Å². The number of aromatic nitrogens is 1. The van der Waals surface area contributed by atoms with E-state index in [1.54, 1.807) is 25.3 Å². The summed E-state index contributed by atoms with van der Waals surface area (Å²) in [4.78, 5) is 43.5. The fourth-order valence-corrected chi connectivity index (χ4v) is 3.16. The molecule has 2 heterocycles. The van der Waals surface area contributed by atoms with Gasteiger partial charge in [0, 0.05) is 75.3 Å². The van der Waals surface area contributed by atoms with Gasteiger partial charge in [-0.2, -0.15) is 0 Å². The van der Waals surface area contributed by atoms with Gasteiger partial charge in [0.1, 0.15) is 0 Å². The number of hydrogen-bond acceptors (Lipinski definition) is 5. The predicted octanol–water partition coefficient (Wildman–Crippen LogP) is 2.35. The maximum absolute atomic E-state index is 12.1. The van der Waals surface area contributed by atoms with E-state index in [0.717, 1.165) is 31.9 Å². The number of ketones is 1. The zero-order valence-electron chi connectivity index (χ0n) is 15.9. The fourth-order valence-electron chi connectivity index (χ4n) is 3.16. The van der Waals surface area contributed by atoms with Crippen LogP contribution in [0.1, 0.15) is 30.1 Å². The molecule has 2 amide bonds. The van der Waals surface area contributed by atoms with E-state index in [9.17, 15) is 14.4 Å². The highest BCUT2D eigenvalue weighted by Gasteiger charge is 2.18. The molecule has 0 saturated carbocycles. The summed E-state index contributed by atoms with van der Waals surface area (Å²) >= 11 is 0. The number of nitrogens with zero attached hydrogens (tertiary/aromatic N) is 3. The van der Waals surface area contributed by atoms with Crippen LogP contribution >= 0.6 is 0 Å². The van der Waals surface area contributed by atoms with E-state index in [2.05, 4.69) is 15.2 Å². The topological polar surface area (TPSA) is 82.6 Å². The smallest absolute Gasteiger partial charge is 0.224 e. The number of rotatable bonds is 6. The first-order chi connectivity index (χ1) is 13.5. The molecule has 28 heavy (non-hydrogen) atoms. The first-order valence-electron chi connectivity index (χ1n) is 9.36. The van der Waals surface area contributed by atoms with Gasteiger partial charge in [0.15, 0.2) is 5.78 Å². The van der Waals surface area contributed by atoms with Crippen molar-refractivity contribution in [3.05, 3.63) is 54.4 Å². The van der Waals surface area contributed by atoms with Gasteiger partial charge in [-0.05, 0) is 36.4 Å². The maximum Gasteiger partial charge on any atom is 0.224 e. The average Bonchev–Trinajstić information content (AvgIpc) is 2.73. The van der Waals surface area contributed by atoms with Crippen molar-refractivity contribution >= 4 is 29.0 Å². The summed E-state index contributed by atoms with van der Waals surface area (Å²) in [6, 6.07) is 11.0. The summed E-state index contributed by atoms with van der Waals surface area (Å²) in [5.74, 6) is -0.178. The average molecular weight is 380 g/mol. The van der Waals surface area contributed by atoms with Crippen molar-refractivity contribution in [3.63, 3.8) is 0 Å². The third-order valence-corrected chi connectivity index (χ3v) is 4.80. The SMILES string of the molecule is CC(=O)N1CCN(c2ccc(NC(=O)CCC(=O)c3cccnc3)cc2)CC1. The Hall–Kier alpha value is -3.22. The largest absolute Gasteiger partial charge is 0.368 e. The van der Waals surface area contributed by atoms with Gasteiger partial charge in [-0.1, -0.05) is 0 Å². The number of amides is 2. The van der Waals surface area contributed by atoms with E-state index in [-0.39, 0.29) is 30.4 Å². The molecule has 7 nitrogen and oxygen atoms in total. The first-order valence-corrected chi connectivity index (χ1v) is 9.36. The minimum absolute atomic E-state index is 0.0942. The highest BCUT2D eigenvalue weighted by molar-refractivity contribution is 5.99. The molecule has 2 aromatic rings. The number of pyridine rings is 1. The van der Waals surface area contributed by atoms with Crippen LogP contribution in [0.4, 0.5) is 11.4 Å². The standard InChI is InChI=1S/C21H24N4O3/c1-16(26)24-11-13-25(14-12-24)19-6-4-18(5-7-19)23-21(28)9-8-20(27)17-3-2-10-22-15-17/h2-7,10,15H,8-9,11-14H2,1H3,(H,23,28). The number of carbonyl (C=O) groups is 3. The van der Waals surface area contributed by atoms with E-state index < -0.39 is 0 Å². The molecule has 1 aliphatic rings. The number of carbonyl (C=O) groups excluding carboxylic acids is 3. The molecule has 1 aromatic heterocycles. The summed E-state index contributed by atoms with van der Waals surface area (Å²) in [7, 11) is 0. The summed E-state index contributed by atoms with van der Waals surface area (Å²) in [5, 5.41) is 2.82. The second kappa shape index (κ2) is 9.12. The Morgan fingerprint density at radius 1 is 1.00 bits per heavy atom. The Labute approximate surface area is 164 Å². The Kier molecular flexibility index (Phi) is 6.37. The normalized spacial score (nSPS) is 13.9. The third-order valence-electron chi connectivity index (χ3n) is 4.80. The quantitative estimate of drug-likeness (QED) is 0.778. The molecule has 0 radical (unpaired) electrons. The van der Waals surface area contributed by atoms with E-state index in [1.807, 2.05) is 29.2 Å². The lowest BCUT2D eigenvalue weighted by atomic mass is 10.1. The monoisotopic (exact) mass is 380 g/mol. The Morgan fingerprint density at radius 3 is 2.32 bits per heavy atom. The van der Waals surface area contributed by atoms with Gasteiger partial charge in [-0.3, -0.25) is 19.4 Å². The van der Waals surface area contributed by atoms with Crippen molar-refractivity contribution < 1.29 is 14.4 Å². The number of Topliss-reactive ketones (excluding diaryl/α,β-unsaturated/α-hetero) is 1. The fraction of sp³-hybridized carbons (Fsp3) is 0.333. The minimum Gasteiger partial charge on any atom is -0.368 e. The number of piperazine rings is 1. The second-order valence-electron chi connectivity index (χ2n) is 6.75. The molecule has 1 aromatic carbocycles. The lowest BCUT2D eigenvalue weighted by Crippen LogP contribution is -2.48. The highest BCUT2D eigenvalue weighted by atomic mass is 16.2. The molecule has 1 saturated heterocycles. The molecule has 3 rings (SSSR count). The van der Waals surface area contributed by atoms with Crippen LogP contribution in [0.2, 0.25) is 0 Å². The van der Waals surface area contributed by atoms with Crippen LogP contribution < -0.4 is 10.2 Å². The zero-order chi connectivity index (χ0) is 19.9. The number of hydrogen-bond donors (Lipinski definition) is 1. The zero-order valence-corrected chi connectivity index (χ0v) is 15.9. The number of nitrogens with one attached hydrogen (secondary N) is 1. The van der Waals surface area contributed by atoms with E-state index >= 15 is 0 Å². The Balaban J connectivity index is 1.47. The van der Waals surface area contributed by atoms with Crippen LogP contribution in [0.25, 0.3) is 0 Å². The molecule has 0 atom stereocenters. The molecule has 1 fully saturated rings. The van der Waals surface area contributed by atoms with Gasteiger partial charge in [0.05, 0.1) is 0 Å². The predicted molar refractivity (Wildman–Crippen MR) is 107 cm³/mol. The van der Waals surface area contributed by atoms with E-state index in [1.165, 1.54) is 6.20 Å². The minimum atomic E-state index is -0.194. The Morgan fingerprint density at radius 2 is 1.71 bits per heavy atom. The molecule has 1 aliphatic heterocycles. The summed E-state index contributed by atoms with van der Waals surface area (Å²) < 4.78 is 0. The van der Waals surface area contributed by atoms with Crippen LogP contribution in [-0.2, 0) is 9.59 Å². The second-order valence-corrected chi connectivity index (χ2v) is 6.75. The first kappa shape index (κ1) is 19.5. The molecule has 0 aliphatic carbocycles. The van der Waals surface area contributed by atoms with Gasteiger partial charge >= 0.3 is 0 Å². The number of anilines is 2.